The topological polar surface area (TPSA) is 78.8 Å². The maximum absolute atomic E-state index is 11.8. The summed E-state index contributed by atoms with van der Waals surface area (Å²) in [6.45, 7) is 0.966. The van der Waals surface area contributed by atoms with Crippen molar-refractivity contribution in [1.82, 2.24) is 5.32 Å². The summed E-state index contributed by atoms with van der Waals surface area (Å²) < 4.78 is 0. The van der Waals surface area contributed by atoms with Crippen LogP contribution in [0.25, 0.3) is 0 Å². The van der Waals surface area contributed by atoms with E-state index in [9.17, 15) is 14.4 Å². The van der Waals surface area contributed by atoms with Gasteiger partial charge in [-0.25, -0.2) is 9.79 Å². The fourth-order valence-electron chi connectivity index (χ4n) is 1.84. The summed E-state index contributed by atoms with van der Waals surface area (Å²) >= 11 is 0. The highest BCUT2D eigenvalue weighted by Crippen LogP contribution is 2.22. The lowest BCUT2D eigenvalue weighted by Crippen LogP contribution is -2.52. The molecule has 0 aromatic heterocycles. The molecule has 92 valence electrons. The van der Waals surface area contributed by atoms with Gasteiger partial charge in [0.2, 0.25) is 6.08 Å². The van der Waals surface area contributed by atoms with Gasteiger partial charge in [0.1, 0.15) is 0 Å². The maximum Gasteiger partial charge on any atom is 0.316 e. The van der Waals surface area contributed by atoms with Crippen molar-refractivity contribution in [3.63, 3.8) is 0 Å². The van der Waals surface area contributed by atoms with E-state index in [0.717, 1.165) is 0 Å². The highest BCUT2D eigenvalue weighted by molar-refractivity contribution is 6.41. The minimum absolute atomic E-state index is 0.144. The molecule has 1 saturated heterocycles. The Balaban J connectivity index is 2.34. The lowest BCUT2D eigenvalue weighted by atomic mass is 10.1. The Kier molecular flexibility index (Phi) is 3.50. The van der Waals surface area contributed by atoms with Gasteiger partial charge in [0.15, 0.2) is 0 Å². The van der Waals surface area contributed by atoms with Crippen LogP contribution in [0.15, 0.2) is 29.3 Å². The Labute approximate surface area is 103 Å². The van der Waals surface area contributed by atoms with Crippen LogP contribution in [0.2, 0.25) is 0 Å². The van der Waals surface area contributed by atoms with Gasteiger partial charge in [-0.1, -0.05) is 18.2 Å². The Morgan fingerprint density at radius 3 is 2.89 bits per heavy atom. The molecule has 0 spiro atoms. The summed E-state index contributed by atoms with van der Waals surface area (Å²) in [5, 5.41) is 2.48. The zero-order valence-electron chi connectivity index (χ0n) is 9.55. The van der Waals surface area contributed by atoms with Gasteiger partial charge in [0.05, 0.1) is 6.54 Å². The molecule has 1 aliphatic rings. The molecule has 0 radical (unpaired) electrons. The van der Waals surface area contributed by atoms with Crippen LogP contribution in [0, 0.1) is 0 Å². The molecule has 0 bridgehead atoms. The van der Waals surface area contributed by atoms with Crippen LogP contribution in [0.3, 0.4) is 0 Å². The lowest BCUT2D eigenvalue weighted by Gasteiger charge is -2.27. The Morgan fingerprint density at radius 1 is 1.33 bits per heavy atom. The van der Waals surface area contributed by atoms with Crippen molar-refractivity contribution >= 4 is 23.6 Å². The summed E-state index contributed by atoms with van der Waals surface area (Å²) in [5.74, 6) is -1.21. The molecule has 1 fully saturated rings. The molecule has 2 rings (SSSR count). The molecule has 0 saturated carbocycles. The number of benzene rings is 1. The second-order valence-corrected chi connectivity index (χ2v) is 3.75. The van der Waals surface area contributed by atoms with Crippen molar-refractivity contribution in [2.75, 3.05) is 18.0 Å². The molecule has 2 amide bonds. The minimum Gasteiger partial charge on any atom is -0.346 e. The number of nitrogens with zero attached hydrogens (tertiary/aromatic N) is 2. The number of nitrogens with one attached hydrogen (secondary N) is 1. The number of carbonyl (C=O) groups is 2. The summed E-state index contributed by atoms with van der Waals surface area (Å²) in [4.78, 5) is 38.1. The van der Waals surface area contributed by atoms with E-state index in [-0.39, 0.29) is 6.54 Å². The summed E-state index contributed by atoms with van der Waals surface area (Å²) in [7, 11) is 0. The monoisotopic (exact) mass is 245 g/mol. The third-order valence-corrected chi connectivity index (χ3v) is 2.66. The number of aliphatic imine (C=N–C) groups is 1. The molecule has 0 unspecified atom stereocenters. The molecule has 0 aliphatic carbocycles. The second kappa shape index (κ2) is 5.25. The van der Waals surface area contributed by atoms with Crippen molar-refractivity contribution in [2.45, 2.75) is 6.54 Å². The van der Waals surface area contributed by atoms with E-state index in [0.29, 0.717) is 24.3 Å². The number of para-hydroxylation sites is 1. The third kappa shape index (κ3) is 2.28. The first kappa shape index (κ1) is 12.0. The molecular weight excluding hydrogens is 234 g/mol. The summed E-state index contributed by atoms with van der Waals surface area (Å²) in [5.41, 5.74) is 1.32. The molecule has 6 nitrogen and oxygen atoms in total. The van der Waals surface area contributed by atoms with Crippen LogP contribution < -0.4 is 10.2 Å². The van der Waals surface area contributed by atoms with E-state index in [2.05, 4.69) is 10.3 Å². The minimum atomic E-state index is -0.616. The van der Waals surface area contributed by atoms with Gasteiger partial charge in [0, 0.05) is 18.8 Å². The van der Waals surface area contributed by atoms with Crippen LogP contribution in [0.5, 0.6) is 0 Å². The van der Waals surface area contributed by atoms with Gasteiger partial charge in [-0.15, -0.1) is 0 Å². The van der Waals surface area contributed by atoms with Crippen molar-refractivity contribution in [1.29, 1.82) is 0 Å². The average Bonchev–Trinajstić information content (AvgIpc) is 2.40. The number of amides is 2. The smallest absolute Gasteiger partial charge is 0.316 e. The van der Waals surface area contributed by atoms with E-state index in [1.54, 1.807) is 24.3 Å². The molecule has 18 heavy (non-hydrogen) atoms. The van der Waals surface area contributed by atoms with Crippen molar-refractivity contribution in [3.05, 3.63) is 29.8 Å². The quantitative estimate of drug-likeness (QED) is 0.462. The van der Waals surface area contributed by atoms with E-state index >= 15 is 0 Å². The number of hydrogen-bond donors (Lipinski definition) is 1. The van der Waals surface area contributed by atoms with Gasteiger partial charge in [-0.3, -0.25) is 9.59 Å². The SMILES string of the molecule is O=C=NCc1ccccc1N1CCNC(=O)C1=O. The first-order valence-corrected chi connectivity index (χ1v) is 5.45. The van der Waals surface area contributed by atoms with Gasteiger partial charge in [-0.05, 0) is 11.6 Å². The maximum atomic E-state index is 11.8. The average molecular weight is 245 g/mol. The number of carbonyl (C=O) groups excluding carboxylic acids is 3. The van der Waals surface area contributed by atoms with Gasteiger partial charge >= 0.3 is 11.8 Å². The first-order valence-electron chi connectivity index (χ1n) is 5.45. The molecule has 1 heterocycles. The van der Waals surface area contributed by atoms with E-state index < -0.39 is 11.8 Å². The Morgan fingerprint density at radius 2 is 2.11 bits per heavy atom. The summed E-state index contributed by atoms with van der Waals surface area (Å²) in [6.07, 6.45) is 1.46. The van der Waals surface area contributed by atoms with Crippen LogP contribution in [-0.2, 0) is 20.9 Å². The zero-order valence-corrected chi connectivity index (χ0v) is 9.55. The van der Waals surface area contributed by atoms with E-state index in [1.807, 2.05) is 0 Å². The zero-order chi connectivity index (χ0) is 13.0. The molecule has 1 aliphatic heterocycles. The molecule has 0 atom stereocenters. The number of isocyanates is 1. The van der Waals surface area contributed by atoms with E-state index in [4.69, 9.17) is 0 Å². The predicted octanol–water partition coefficient (Wildman–Crippen LogP) is -0.0148. The highest BCUT2D eigenvalue weighted by atomic mass is 16.2. The lowest BCUT2D eigenvalue weighted by molar-refractivity contribution is -0.138. The van der Waals surface area contributed by atoms with Gasteiger partial charge < -0.3 is 10.2 Å². The number of anilines is 1. The Hall–Kier alpha value is -2.46. The fourth-order valence-corrected chi connectivity index (χ4v) is 1.84. The predicted molar refractivity (Wildman–Crippen MR) is 63.6 cm³/mol. The highest BCUT2D eigenvalue weighted by Gasteiger charge is 2.28. The number of piperazine rings is 1. The molecular formula is C12H11N3O3. The summed E-state index contributed by atoms with van der Waals surface area (Å²) in [6, 6.07) is 7.04. The van der Waals surface area contributed by atoms with E-state index in [1.165, 1.54) is 11.0 Å². The van der Waals surface area contributed by atoms with Crippen molar-refractivity contribution in [3.8, 4) is 0 Å². The van der Waals surface area contributed by atoms with Crippen LogP contribution in [0.1, 0.15) is 5.56 Å². The fraction of sp³-hybridized carbons (Fsp3) is 0.250. The second-order valence-electron chi connectivity index (χ2n) is 3.75. The Bertz CT molecular complexity index is 535. The van der Waals surface area contributed by atoms with Crippen LogP contribution in [-0.4, -0.2) is 31.0 Å². The number of hydrogen-bond acceptors (Lipinski definition) is 4. The molecule has 1 aromatic carbocycles. The first-order chi connectivity index (χ1) is 8.74. The van der Waals surface area contributed by atoms with Gasteiger partial charge in [-0.2, -0.15) is 0 Å². The normalized spacial score (nSPS) is 15.0. The van der Waals surface area contributed by atoms with Crippen molar-refractivity contribution < 1.29 is 14.4 Å². The van der Waals surface area contributed by atoms with Crippen LogP contribution in [0.4, 0.5) is 5.69 Å². The molecule has 6 heteroatoms. The molecule has 1 aromatic rings. The number of rotatable bonds is 3. The largest absolute Gasteiger partial charge is 0.346 e. The standard InChI is InChI=1S/C12H11N3O3/c16-8-13-7-9-3-1-2-4-10(9)15-6-5-14-11(17)12(15)18/h1-4H,5-7H2,(H,14,17). The van der Waals surface area contributed by atoms with Crippen molar-refractivity contribution in [2.24, 2.45) is 4.99 Å². The third-order valence-electron chi connectivity index (χ3n) is 2.66. The van der Waals surface area contributed by atoms with Gasteiger partial charge in [0.25, 0.3) is 0 Å². The van der Waals surface area contributed by atoms with Crippen LogP contribution >= 0.6 is 0 Å². The molecule has 1 N–H and O–H groups in total.